The SMILES string of the molecule is CC(C)(O)COc1ccc2c(c1)CCCC2N. The van der Waals surface area contributed by atoms with Gasteiger partial charge in [0, 0.05) is 6.04 Å². The fraction of sp³-hybridized carbons (Fsp3) is 0.571. The monoisotopic (exact) mass is 235 g/mol. The van der Waals surface area contributed by atoms with Gasteiger partial charge in [0.15, 0.2) is 0 Å². The van der Waals surface area contributed by atoms with Crippen LogP contribution in [0.25, 0.3) is 0 Å². The highest BCUT2D eigenvalue weighted by Crippen LogP contribution is 2.30. The fourth-order valence-corrected chi connectivity index (χ4v) is 2.18. The molecule has 1 atom stereocenters. The van der Waals surface area contributed by atoms with Gasteiger partial charge in [0.2, 0.25) is 0 Å². The average Bonchev–Trinajstić information content (AvgIpc) is 2.26. The van der Waals surface area contributed by atoms with Crippen molar-refractivity contribution in [1.29, 1.82) is 0 Å². The summed E-state index contributed by atoms with van der Waals surface area (Å²) >= 11 is 0. The molecule has 0 heterocycles. The lowest BCUT2D eigenvalue weighted by atomic mass is 9.88. The molecule has 94 valence electrons. The van der Waals surface area contributed by atoms with Crippen LogP contribution < -0.4 is 10.5 Å². The Kier molecular flexibility index (Phi) is 3.40. The van der Waals surface area contributed by atoms with E-state index in [-0.39, 0.29) is 6.04 Å². The van der Waals surface area contributed by atoms with Gasteiger partial charge in [-0.2, -0.15) is 0 Å². The molecular formula is C14H21NO2. The second-order valence-corrected chi connectivity index (χ2v) is 5.46. The van der Waals surface area contributed by atoms with Gasteiger partial charge in [0.25, 0.3) is 0 Å². The number of nitrogens with two attached hydrogens (primary N) is 1. The second kappa shape index (κ2) is 4.67. The van der Waals surface area contributed by atoms with Gasteiger partial charge in [-0.25, -0.2) is 0 Å². The minimum absolute atomic E-state index is 0.169. The molecule has 3 N–H and O–H groups in total. The number of hydrogen-bond acceptors (Lipinski definition) is 3. The molecule has 0 fully saturated rings. The maximum atomic E-state index is 9.61. The number of fused-ring (bicyclic) bond motifs is 1. The van der Waals surface area contributed by atoms with Gasteiger partial charge in [0.1, 0.15) is 12.4 Å². The van der Waals surface area contributed by atoms with E-state index in [4.69, 9.17) is 10.5 Å². The van der Waals surface area contributed by atoms with E-state index in [2.05, 4.69) is 12.1 Å². The van der Waals surface area contributed by atoms with Crippen LogP contribution in [0.2, 0.25) is 0 Å². The predicted octanol–water partition coefficient (Wildman–Crippen LogP) is 2.17. The molecule has 1 aliphatic rings. The molecule has 0 saturated carbocycles. The van der Waals surface area contributed by atoms with E-state index in [1.54, 1.807) is 13.8 Å². The normalized spacial score (nSPS) is 19.9. The number of aryl methyl sites for hydroxylation is 1. The third kappa shape index (κ3) is 3.20. The first-order valence-corrected chi connectivity index (χ1v) is 6.19. The van der Waals surface area contributed by atoms with Crippen LogP contribution in [-0.2, 0) is 6.42 Å². The van der Waals surface area contributed by atoms with E-state index in [9.17, 15) is 5.11 Å². The first-order valence-electron chi connectivity index (χ1n) is 6.19. The average molecular weight is 235 g/mol. The highest BCUT2D eigenvalue weighted by molar-refractivity contribution is 5.38. The summed E-state index contributed by atoms with van der Waals surface area (Å²) in [7, 11) is 0. The number of ether oxygens (including phenoxy) is 1. The molecule has 1 aliphatic carbocycles. The summed E-state index contributed by atoms with van der Waals surface area (Å²) in [6.45, 7) is 3.78. The van der Waals surface area contributed by atoms with Crippen molar-refractivity contribution in [2.75, 3.05) is 6.61 Å². The minimum Gasteiger partial charge on any atom is -0.491 e. The van der Waals surface area contributed by atoms with Crippen LogP contribution in [0.3, 0.4) is 0 Å². The number of rotatable bonds is 3. The van der Waals surface area contributed by atoms with Crippen LogP contribution in [-0.4, -0.2) is 17.3 Å². The molecule has 17 heavy (non-hydrogen) atoms. The maximum absolute atomic E-state index is 9.61. The van der Waals surface area contributed by atoms with Gasteiger partial charge in [-0.1, -0.05) is 6.07 Å². The largest absolute Gasteiger partial charge is 0.491 e. The number of hydrogen-bond donors (Lipinski definition) is 2. The molecule has 1 aromatic carbocycles. The van der Waals surface area contributed by atoms with Gasteiger partial charge >= 0.3 is 0 Å². The van der Waals surface area contributed by atoms with E-state index in [0.717, 1.165) is 25.0 Å². The topological polar surface area (TPSA) is 55.5 Å². The van der Waals surface area contributed by atoms with Crippen molar-refractivity contribution in [3.8, 4) is 5.75 Å². The van der Waals surface area contributed by atoms with Gasteiger partial charge in [-0.3, -0.25) is 0 Å². The van der Waals surface area contributed by atoms with Crippen molar-refractivity contribution in [2.45, 2.75) is 44.8 Å². The summed E-state index contributed by atoms with van der Waals surface area (Å²) in [5.41, 5.74) is 7.79. The van der Waals surface area contributed by atoms with Crippen molar-refractivity contribution >= 4 is 0 Å². The maximum Gasteiger partial charge on any atom is 0.119 e. The van der Waals surface area contributed by atoms with E-state index < -0.39 is 5.60 Å². The molecule has 0 saturated heterocycles. The Morgan fingerprint density at radius 1 is 1.47 bits per heavy atom. The first-order chi connectivity index (χ1) is 7.96. The standard InChI is InChI=1S/C14H21NO2/c1-14(2,16)9-17-11-6-7-12-10(8-11)4-3-5-13(12)15/h6-8,13,16H,3-5,9,15H2,1-2H3. The third-order valence-electron chi connectivity index (χ3n) is 3.07. The predicted molar refractivity (Wildman–Crippen MR) is 68.1 cm³/mol. The minimum atomic E-state index is -0.799. The number of aliphatic hydroxyl groups is 1. The van der Waals surface area contributed by atoms with Gasteiger partial charge in [-0.15, -0.1) is 0 Å². The Morgan fingerprint density at radius 3 is 2.94 bits per heavy atom. The summed E-state index contributed by atoms with van der Waals surface area (Å²) in [5.74, 6) is 0.819. The highest BCUT2D eigenvalue weighted by atomic mass is 16.5. The van der Waals surface area contributed by atoms with Crippen molar-refractivity contribution < 1.29 is 9.84 Å². The van der Waals surface area contributed by atoms with E-state index in [0.29, 0.717) is 6.61 Å². The number of benzene rings is 1. The molecule has 0 amide bonds. The van der Waals surface area contributed by atoms with Crippen LogP contribution in [0.15, 0.2) is 18.2 Å². The fourth-order valence-electron chi connectivity index (χ4n) is 2.18. The summed E-state index contributed by atoms with van der Waals surface area (Å²) in [6, 6.07) is 6.22. The van der Waals surface area contributed by atoms with Crippen LogP contribution in [0.4, 0.5) is 0 Å². The van der Waals surface area contributed by atoms with Gasteiger partial charge < -0.3 is 15.6 Å². The molecule has 1 aromatic rings. The van der Waals surface area contributed by atoms with Crippen molar-refractivity contribution in [2.24, 2.45) is 5.73 Å². The van der Waals surface area contributed by atoms with Crippen LogP contribution in [0.1, 0.15) is 43.9 Å². The van der Waals surface area contributed by atoms with Crippen molar-refractivity contribution in [3.05, 3.63) is 29.3 Å². The lowest BCUT2D eigenvalue weighted by Gasteiger charge is -2.23. The Balaban J connectivity index is 2.11. The highest BCUT2D eigenvalue weighted by Gasteiger charge is 2.18. The molecule has 0 radical (unpaired) electrons. The quantitative estimate of drug-likeness (QED) is 0.844. The summed E-state index contributed by atoms with van der Waals surface area (Å²) in [5, 5.41) is 9.61. The smallest absolute Gasteiger partial charge is 0.119 e. The summed E-state index contributed by atoms with van der Waals surface area (Å²) < 4.78 is 5.58. The molecule has 0 spiro atoms. The van der Waals surface area contributed by atoms with Gasteiger partial charge in [-0.05, 0) is 56.4 Å². The van der Waals surface area contributed by atoms with Gasteiger partial charge in [0.05, 0.1) is 5.60 Å². The van der Waals surface area contributed by atoms with E-state index >= 15 is 0 Å². The molecule has 1 unspecified atom stereocenters. The summed E-state index contributed by atoms with van der Waals surface area (Å²) in [4.78, 5) is 0. The first kappa shape index (κ1) is 12.4. The lowest BCUT2D eigenvalue weighted by molar-refractivity contribution is 0.0284. The Hall–Kier alpha value is -1.06. The van der Waals surface area contributed by atoms with Crippen LogP contribution >= 0.6 is 0 Å². The zero-order valence-electron chi connectivity index (χ0n) is 10.6. The second-order valence-electron chi connectivity index (χ2n) is 5.46. The van der Waals surface area contributed by atoms with Crippen LogP contribution in [0, 0.1) is 0 Å². The third-order valence-corrected chi connectivity index (χ3v) is 3.07. The van der Waals surface area contributed by atoms with E-state index in [1.165, 1.54) is 11.1 Å². The molecular weight excluding hydrogens is 214 g/mol. The Labute approximate surface area is 103 Å². The zero-order valence-corrected chi connectivity index (χ0v) is 10.6. The lowest BCUT2D eigenvalue weighted by Crippen LogP contribution is -2.28. The van der Waals surface area contributed by atoms with Crippen molar-refractivity contribution in [3.63, 3.8) is 0 Å². The zero-order chi connectivity index (χ0) is 12.5. The van der Waals surface area contributed by atoms with E-state index in [1.807, 2.05) is 6.07 Å². The molecule has 0 bridgehead atoms. The molecule has 3 nitrogen and oxygen atoms in total. The van der Waals surface area contributed by atoms with Crippen molar-refractivity contribution in [1.82, 2.24) is 0 Å². The molecule has 0 aliphatic heterocycles. The van der Waals surface area contributed by atoms with Crippen LogP contribution in [0.5, 0.6) is 5.75 Å². The Morgan fingerprint density at radius 2 is 2.24 bits per heavy atom. The Bertz CT molecular complexity index is 396. The molecule has 3 heteroatoms. The molecule has 0 aromatic heterocycles. The molecule has 2 rings (SSSR count). The summed E-state index contributed by atoms with van der Waals surface area (Å²) in [6.07, 6.45) is 3.28.